The Morgan fingerprint density at radius 3 is 2.67 bits per heavy atom. The number of hydrogen-bond donors (Lipinski definition) is 1. The second kappa shape index (κ2) is 7.30. The van der Waals surface area contributed by atoms with Crippen LogP contribution in [0.3, 0.4) is 0 Å². The molecule has 0 bridgehead atoms. The minimum Gasteiger partial charge on any atom is -0.298 e. The van der Waals surface area contributed by atoms with E-state index in [4.69, 9.17) is 23.2 Å². The van der Waals surface area contributed by atoms with Gasteiger partial charge < -0.3 is 0 Å². The molecular weight excluding hydrogens is 370 g/mol. The number of hydrogen-bond acceptors (Lipinski definition) is 3. The van der Waals surface area contributed by atoms with Crippen LogP contribution in [0.25, 0.3) is 0 Å². The normalized spacial score (nSPS) is 10.6. The maximum Gasteiger partial charge on any atom is 0.257 e. The number of nitrogens with one attached hydrogen (secondary N) is 1. The van der Waals surface area contributed by atoms with Crippen LogP contribution in [0.15, 0.2) is 48.7 Å². The van der Waals surface area contributed by atoms with E-state index in [0.29, 0.717) is 27.2 Å². The van der Waals surface area contributed by atoms with E-state index in [-0.39, 0.29) is 11.7 Å². The molecule has 1 amide bonds. The quantitative estimate of drug-likeness (QED) is 0.655. The standard InChI is InChI=1S/C17H11Cl2FN2OS/c18-12-3-6-15(19)11(7-12)8-14-9-21-17(24-14)22-16(23)10-1-4-13(20)5-2-10/h1-7,9H,8H2,(H,21,22,23). The SMILES string of the molecule is O=C(Nc1ncc(Cc2cc(Cl)ccc2Cl)s1)c1ccc(F)cc1. The zero-order valence-corrected chi connectivity index (χ0v) is 14.6. The van der Waals surface area contributed by atoms with E-state index in [9.17, 15) is 9.18 Å². The summed E-state index contributed by atoms with van der Waals surface area (Å²) in [5.74, 6) is -0.724. The summed E-state index contributed by atoms with van der Waals surface area (Å²) < 4.78 is 12.9. The topological polar surface area (TPSA) is 42.0 Å². The third kappa shape index (κ3) is 4.12. The van der Waals surface area contributed by atoms with Crippen molar-refractivity contribution >= 4 is 45.6 Å². The number of carbonyl (C=O) groups is 1. The highest BCUT2D eigenvalue weighted by Gasteiger charge is 2.11. The summed E-state index contributed by atoms with van der Waals surface area (Å²) in [6.07, 6.45) is 2.26. The third-order valence-corrected chi connectivity index (χ3v) is 4.77. The van der Waals surface area contributed by atoms with Crippen LogP contribution >= 0.6 is 34.5 Å². The van der Waals surface area contributed by atoms with Crippen LogP contribution in [0.1, 0.15) is 20.8 Å². The molecule has 0 unspecified atom stereocenters. The molecule has 0 radical (unpaired) electrons. The van der Waals surface area contributed by atoms with Crippen molar-refractivity contribution in [3.8, 4) is 0 Å². The Labute approximate surface area is 152 Å². The van der Waals surface area contributed by atoms with Gasteiger partial charge in [-0.3, -0.25) is 10.1 Å². The molecule has 0 fully saturated rings. The number of thiazole rings is 1. The highest BCUT2D eigenvalue weighted by atomic mass is 35.5. The second-order valence-corrected chi connectivity index (χ2v) is 6.96. The predicted octanol–water partition coefficient (Wildman–Crippen LogP) is 5.43. The Kier molecular flexibility index (Phi) is 5.14. The van der Waals surface area contributed by atoms with E-state index in [0.717, 1.165) is 10.4 Å². The van der Waals surface area contributed by atoms with Crippen molar-refractivity contribution in [2.45, 2.75) is 6.42 Å². The molecule has 0 aliphatic heterocycles. The monoisotopic (exact) mass is 380 g/mol. The van der Waals surface area contributed by atoms with Gasteiger partial charge in [0.1, 0.15) is 5.82 Å². The molecule has 1 N–H and O–H groups in total. The highest BCUT2D eigenvalue weighted by Crippen LogP contribution is 2.27. The average molecular weight is 381 g/mol. The fourth-order valence-corrected chi connectivity index (χ4v) is 3.29. The van der Waals surface area contributed by atoms with Gasteiger partial charge in [0.2, 0.25) is 0 Å². The molecule has 24 heavy (non-hydrogen) atoms. The summed E-state index contributed by atoms with van der Waals surface area (Å²) in [7, 11) is 0. The molecule has 0 aliphatic rings. The molecule has 3 aromatic rings. The smallest absolute Gasteiger partial charge is 0.257 e. The molecule has 2 aromatic carbocycles. The maximum absolute atomic E-state index is 12.9. The third-order valence-electron chi connectivity index (χ3n) is 3.25. The van der Waals surface area contributed by atoms with Crippen LogP contribution in [0, 0.1) is 5.82 Å². The van der Waals surface area contributed by atoms with Crippen LogP contribution in [0.4, 0.5) is 9.52 Å². The first-order chi connectivity index (χ1) is 11.5. The summed E-state index contributed by atoms with van der Waals surface area (Å²) in [6, 6.07) is 10.6. The van der Waals surface area contributed by atoms with Crippen LogP contribution in [0.2, 0.25) is 10.0 Å². The van der Waals surface area contributed by atoms with Crippen molar-refractivity contribution in [3.63, 3.8) is 0 Å². The molecule has 0 saturated carbocycles. The fourth-order valence-electron chi connectivity index (χ4n) is 2.08. The maximum atomic E-state index is 12.9. The van der Waals surface area contributed by atoms with Crippen LogP contribution in [0.5, 0.6) is 0 Å². The lowest BCUT2D eigenvalue weighted by Gasteiger charge is -2.03. The van der Waals surface area contributed by atoms with Gasteiger partial charge in [0.05, 0.1) is 0 Å². The van der Waals surface area contributed by atoms with Gasteiger partial charge in [-0.2, -0.15) is 0 Å². The van der Waals surface area contributed by atoms with E-state index < -0.39 is 0 Å². The van der Waals surface area contributed by atoms with Gasteiger partial charge in [-0.15, -0.1) is 11.3 Å². The summed E-state index contributed by atoms with van der Waals surface area (Å²) in [4.78, 5) is 17.2. The number of rotatable bonds is 4. The number of amides is 1. The predicted molar refractivity (Wildman–Crippen MR) is 95.7 cm³/mol. The highest BCUT2D eigenvalue weighted by molar-refractivity contribution is 7.15. The van der Waals surface area contributed by atoms with Gasteiger partial charge >= 0.3 is 0 Å². The fraction of sp³-hybridized carbons (Fsp3) is 0.0588. The number of benzene rings is 2. The molecule has 3 rings (SSSR count). The van der Waals surface area contributed by atoms with Crippen molar-refractivity contribution in [1.82, 2.24) is 4.98 Å². The minimum atomic E-state index is -0.388. The molecule has 122 valence electrons. The molecule has 0 saturated heterocycles. The number of aromatic nitrogens is 1. The van der Waals surface area contributed by atoms with Crippen molar-refractivity contribution in [3.05, 3.63) is 80.5 Å². The molecule has 1 aromatic heterocycles. The van der Waals surface area contributed by atoms with Gasteiger partial charge in [0.25, 0.3) is 5.91 Å². The summed E-state index contributed by atoms with van der Waals surface area (Å²) in [6.45, 7) is 0. The van der Waals surface area contributed by atoms with Crippen molar-refractivity contribution in [2.24, 2.45) is 0 Å². The van der Waals surface area contributed by atoms with Crippen LogP contribution in [-0.2, 0) is 6.42 Å². The zero-order valence-electron chi connectivity index (χ0n) is 12.2. The van der Waals surface area contributed by atoms with Crippen molar-refractivity contribution in [1.29, 1.82) is 0 Å². The molecular formula is C17H11Cl2FN2OS. The van der Waals surface area contributed by atoms with E-state index >= 15 is 0 Å². The van der Waals surface area contributed by atoms with Crippen LogP contribution < -0.4 is 5.32 Å². The Bertz CT molecular complexity index is 881. The number of anilines is 1. The summed E-state index contributed by atoms with van der Waals surface area (Å²) >= 11 is 13.5. The molecule has 0 aliphatic carbocycles. The Hall–Kier alpha value is -1.95. The lowest BCUT2D eigenvalue weighted by molar-refractivity contribution is 0.102. The lowest BCUT2D eigenvalue weighted by Crippen LogP contribution is -2.11. The number of carbonyl (C=O) groups excluding carboxylic acids is 1. The Morgan fingerprint density at radius 2 is 1.92 bits per heavy atom. The first kappa shape index (κ1) is 16.9. The van der Waals surface area contributed by atoms with E-state index in [1.165, 1.54) is 35.6 Å². The van der Waals surface area contributed by atoms with E-state index in [1.807, 2.05) is 0 Å². The van der Waals surface area contributed by atoms with E-state index in [2.05, 4.69) is 10.3 Å². The van der Waals surface area contributed by atoms with Crippen molar-refractivity contribution in [2.75, 3.05) is 5.32 Å². The molecule has 3 nitrogen and oxygen atoms in total. The molecule has 1 heterocycles. The largest absolute Gasteiger partial charge is 0.298 e. The van der Waals surface area contributed by atoms with Crippen molar-refractivity contribution < 1.29 is 9.18 Å². The van der Waals surface area contributed by atoms with Gasteiger partial charge in [-0.25, -0.2) is 9.37 Å². The van der Waals surface area contributed by atoms with Gasteiger partial charge in [0.15, 0.2) is 5.13 Å². The molecule has 0 atom stereocenters. The minimum absolute atomic E-state index is 0.336. The zero-order chi connectivity index (χ0) is 17.1. The van der Waals surface area contributed by atoms with Gasteiger partial charge in [-0.05, 0) is 48.0 Å². The first-order valence-corrected chi connectivity index (χ1v) is 8.54. The van der Waals surface area contributed by atoms with Gasteiger partial charge in [0, 0.05) is 33.1 Å². The number of halogens is 3. The molecule has 0 spiro atoms. The lowest BCUT2D eigenvalue weighted by atomic mass is 10.1. The number of nitrogens with zero attached hydrogens (tertiary/aromatic N) is 1. The summed E-state index contributed by atoms with van der Waals surface area (Å²) in [5, 5.41) is 4.41. The van der Waals surface area contributed by atoms with Gasteiger partial charge in [-0.1, -0.05) is 23.2 Å². The molecule has 7 heteroatoms. The average Bonchev–Trinajstić information content (AvgIpc) is 2.98. The first-order valence-electron chi connectivity index (χ1n) is 6.97. The Balaban J connectivity index is 1.70. The summed E-state index contributed by atoms with van der Waals surface area (Å²) in [5.41, 5.74) is 1.26. The van der Waals surface area contributed by atoms with Crippen LogP contribution in [-0.4, -0.2) is 10.9 Å². The van der Waals surface area contributed by atoms with E-state index in [1.54, 1.807) is 24.4 Å². The second-order valence-electron chi connectivity index (χ2n) is 5.01. The Morgan fingerprint density at radius 1 is 1.17 bits per heavy atom.